The highest BCUT2D eigenvalue weighted by atomic mass is 35.5. The lowest BCUT2D eigenvalue weighted by Gasteiger charge is -2.29. The Balaban J connectivity index is 0.000000316. The zero-order chi connectivity index (χ0) is 14.7. The molecule has 1 heterocycles. The van der Waals surface area contributed by atoms with E-state index in [0.29, 0.717) is 12.8 Å². The van der Waals surface area contributed by atoms with E-state index in [-0.39, 0.29) is 24.9 Å². The molecule has 1 aromatic rings. The van der Waals surface area contributed by atoms with Crippen LogP contribution in [-0.2, 0) is 4.74 Å². The Morgan fingerprint density at radius 3 is 2.16 bits per heavy atom. The van der Waals surface area contributed by atoms with Crippen LogP contribution in [0.4, 0.5) is 0 Å². The zero-order valence-electron chi connectivity index (χ0n) is 11.4. The summed E-state index contributed by atoms with van der Waals surface area (Å²) < 4.78 is 5.30. The Labute approximate surface area is 119 Å². The third-order valence-electron chi connectivity index (χ3n) is 2.50. The van der Waals surface area contributed by atoms with Gasteiger partial charge in [-0.1, -0.05) is 29.8 Å². The summed E-state index contributed by atoms with van der Waals surface area (Å²) in [6, 6.07) is 9.44. The van der Waals surface area contributed by atoms with Gasteiger partial charge < -0.3 is 20.1 Å². The maximum Gasteiger partial charge on any atom is 0.0833 e. The normalized spacial score (nSPS) is 25.5. The lowest BCUT2D eigenvalue weighted by Crippen LogP contribution is -2.35. The molecule has 0 amide bonds. The molecule has 1 saturated heterocycles. The van der Waals surface area contributed by atoms with Crippen molar-refractivity contribution in [2.45, 2.75) is 38.1 Å². The van der Waals surface area contributed by atoms with Crippen LogP contribution in [0.3, 0.4) is 0 Å². The average Bonchev–Trinajstić information content (AvgIpc) is 2.41. The molecule has 0 bridgehead atoms. The number of aliphatic hydroxyl groups excluding tert-OH is 3. The highest BCUT2D eigenvalue weighted by Crippen LogP contribution is 2.18. The van der Waals surface area contributed by atoms with Gasteiger partial charge in [-0.25, -0.2) is 0 Å². The van der Waals surface area contributed by atoms with E-state index in [4.69, 9.17) is 26.6 Å². The molecule has 0 aliphatic carbocycles. The molecule has 0 spiro atoms. The highest BCUT2D eigenvalue weighted by Gasteiger charge is 2.24. The number of hydrogen-bond donors (Lipinski definition) is 3. The second kappa shape index (κ2) is 11.2. The van der Waals surface area contributed by atoms with Crippen molar-refractivity contribution in [2.24, 2.45) is 0 Å². The fourth-order valence-corrected chi connectivity index (χ4v) is 1.90. The van der Waals surface area contributed by atoms with Gasteiger partial charge in [0.2, 0.25) is 0 Å². The molecule has 3 N–H and O–H groups in total. The largest absolute Gasteiger partial charge is 0.400 e. The van der Waals surface area contributed by atoms with Gasteiger partial charge in [-0.05, 0) is 25.5 Å². The van der Waals surface area contributed by atoms with Crippen LogP contribution >= 0.6 is 11.6 Å². The first kappa shape index (κ1) is 18.4. The minimum Gasteiger partial charge on any atom is -0.400 e. The van der Waals surface area contributed by atoms with Gasteiger partial charge in [0.25, 0.3) is 0 Å². The first-order valence-electron chi connectivity index (χ1n) is 6.21. The van der Waals surface area contributed by atoms with E-state index in [1.54, 1.807) is 0 Å². The van der Waals surface area contributed by atoms with Crippen LogP contribution in [0.2, 0.25) is 5.02 Å². The Hall–Kier alpha value is -0.650. The number of halogens is 1. The van der Waals surface area contributed by atoms with E-state index >= 15 is 0 Å². The predicted octanol–water partition coefficient (Wildman–Crippen LogP) is 1.86. The molecule has 0 aromatic heterocycles. The standard InChI is InChI=1S/C7H14O3.C6H5Cl.CH4O/c1-5-2-6(9)3-7(4-8)10-5;7-6-4-2-1-3-5-6;1-2/h5-9H,2-4H2,1H3;1-5H;2H,1H3. The van der Waals surface area contributed by atoms with Crippen molar-refractivity contribution in [3.63, 3.8) is 0 Å². The van der Waals surface area contributed by atoms with Crippen LogP contribution in [0, 0.1) is 0 Å². The van der Waals surface area contributed by atoms with Crippen molar-refractivity contribution < 1.29 is 20.1 Å². The zero-order valence-corrected chi connectivity index (χ0v) is 12.1. The summed E-state index contributed by atoms with van der Waals surface area (Å²) in [7, 11) is 1.00. The summed E-state index contributed by atoms with van der Waals surface area (Å²) in [6.07, 6.45) is 0.901. The molecule has 2 rings (SSSR count). The van der Waals surface area contributed by atoms with E-state index < -0.39 is 0 Å². The van der Waals surface area contributed by atoms with E-state index in [1.165, 1.54) is 0 Å². The monoisotopic (exact) mass is 290 g/mol. The van der Waals surface area contributed by atoms with Gasteiger partial charge >= 0.3 is 0 Å². The van der Waals surface area contributed by atoms with Crippen LogP contribution in [0.15, 0.2) is 30.3 Å². The van der Waals surface area contributed by atoms with Crippen molar-refractivity contribution in [1.29, 1.82) is 0 Å². The summed E-state index contributed by atoms with van der Waals surface area (Å²) >= 11 is 5.54. The Kier molecular flexibility index (Phi) is 10.8. The molecule has 0 radical (unpaired) electrons. The van der Waals surface area contributed by atoms with Crippen LogP contribution in [0.25, 0.3) is 0 Å². The molecule has 1 aliphatic heterocycles. The van der Waals surface area contributed by atoms with Crippen LogP contribution in [0.1, 0.15) is 19.8 Å². The summed E-state index contributed by atoms with van der Waals surface area (Å²) in [5, 5.41) is 25.7. The van der Waals surface area contributed by atoms with Crippen molar-refractivity contribution in [3.8, 4) is 0 Å². The van der Waals surface area contributed by atoms with E-state index in [0.717, 1.165) is 12.1 Å². The van der Waals surface area contributed by atoms with Gasteiger partial charge in [0, 0.05) is 18.6 Å². The second-order valence-corrected chi connectivity index (χ2v) is 4.61. The molecule has 3 atom stereocenters. The molecule has 19 heavy (non-hydrogen) atoms. The van der Waals surface area contributed by atoms with E-state index in [2.05, 4.69) is 0 Å². The minimum absolute atomic E-state index is 0.0153. The van der Waals surface area contributed by atoms with Crippen molar-refractivity contribution in [1.82, 2.24) is 0 Å². The van der Waals surface area contributed by atoms with Crippen LogP contribution in [0.5, 0.6) is 0 Å². The SMILES string of the molecule is CC1CC(O)CC(CO)O1.CO.Clc1ccccc1. The van der Waals surface area contributed by atoms with Crippen LogP contribution in [-0.4, -0.2) is 47.3 Å². The average molecular weight is 291 g/mol. The fourth-order valence-electron chi connectivity index (χ4n) is 1.75. The molecule has 0 saturated carbocycles. The maximum atomic E-state index is 9.19. The number of rotatable bonds is 1. The molecule has 1 aliphatic rings. The van der Waals surface area contributed by atoms with E-state index in [9.17, 15) is 5.11 Å². The summed E-state index contributed by atoms with van der Waals surface area (Å²) in [6.45, 7) is 1.92. The number of hydrogen-bond acceptors (Lipinski definition) is 4. The molecule has 4 nitrogen and oxygen atoms in total. The lowest BCUT2D eigenvalue weighted by molar-refractivity contribution is -0.104. The topological polar surface area (TPSA) is 69.9 Å². The van der Waals surface area contributed by atoms with Gasteiger partial charge in [-0.15, -0.1) is 0 Å². The third-order valence-corrected chi connectivity index (χ3v) is 2.75. The summed E-state index contributed by atoms with van der Waals surface area (Å²) in [4.78, 5) is 0. The quantitative estimate of drug-likeness (QED) is 0.738. The van der Waals surface area contributed by atoms with Gasteiger partial charge in [0.1, 0.15) is 0 Å². The maximum absolute atomic E-state index is 9.19. The Morgan fingerprint density at radius 2 is 1.79 bits per heavy atom. The van der Waals surface area contributed by atoms with Gasteiger partial charge in [0.05, 0.1) is 24.9 Å². The Bertz CT molecular complexity index is 298. The fraction of sp³-hybridized carbons (Fsp3) is 0.571. The van der Waals surface area contributed by atoms with Gasteiger partial charge in [-0.2, -0.15) is 0 Å². The van der Waals surface area contributed by atoms with E-state index in [1.807, 2.05) is 37.3 Å². The van der Waals surface area contributed by atoms with Gasteiger partial charge in [-0.3, -0.25) is 0 Å². The third kappa shape index (κ3) is 8.97. The molecule has 1 aromatic carbocycles. The van der Waals surface area contributed by atoms with Crippen LogP contribution < -0.4 is 0 Å². The predicted molar refractivity (Wildman–Crippen MR) is 76.3 cm³/mol. The first-order valence-corrected chi connectivity index (χ1v) is 6.59. The van der Waals surface area contributed by atoms with Crippen molar-refractivity contribution in [3.05, 3.63) is 35.4 Å². The number of aliphatic hydroxyl groups is 3. The van der Waals surface area contributed by atoms with Gasteiger partial charge in [0.15, 0.2) is 0 Å². The highest BCUT2D eigenvalue weighted by molar-refractivity contribution is 6.30. The first-order chi connectivity index (χ1) is 9.11. The minimum atomic E-state index is -0.291. The number of ether oxygens (including phenoxy) is 1. The molecule has 110 valence electrons. The van der Waals surface area contributed by atoms with Crippen molar-refractivity contribution in [2.75, 3.05) is 13.7 Å². The molecule has 3 unspecified atom stereocenters. The molecular formula is C14H23ClO4. The summed E-state index contributed by atoms with van der Waals surface area (Å²) in [5.41, 5.74) is 0. The van der Waals surface area contributed by atoms with Crippen molar-refractivity contribution >= 4 is 11.6 Å². The molecule has 5 heteroatoms. The number of benzene rings is 1. The Morgan fingerprint density at radius 1 is 1.21 bits per heavy atom. The molecule has 1 fully saturated rings. The second-order valence-electron chi connectivity index (χ2n) is 4.17. The summed E-state index contributed by atoms with van der Waals surface area (Å²) in [5.74, 6) is 0. The smallest absolute Gasteiger partial charge is 0.0833 e. The lowest BCUT2D eigenvalue weighted by atomic mass is 10.0. The molecular weight excluding hydrogens is 268 g/mol.